The van der Waals surface area contributed by atoms with Crippen LogP contribution in [0.1, 0.15) is 60.3 Å². The summed E-state index contributed by atoms with van der Waals surface area (Å²) >= 11 is 3.27. The third-order valence-corrected chi connectivity index (χ3v) is 6.45. The van der Waals surface area contributed by atoms with Gasteiger partial charge in [-0.05, 0) is 60.3 Å². The van der Waals surface area contributed by atoms with Gasteiger partial charge in [0.05, 0.1) is 14.2 Å². The molecule has 0 aliphatic heterocycles. The van der Waals surface area contributed by atoms with Gasteiger partial charge in [0.15, 0.2) is 0 Å². The first-order valence-electron chi connectivity index (χ1n) is 9.94. The molecule has 0 saturated carbocycles. The lowest BCUT2D eigenvalue weighted by Gasteiger charge is -2.35. The van der Waals surface area contributed by atoms with E-state index < -0.39 is 21.9 Å². The van der Waals surface area contributed by atoms with Crippen molar-refractivity contribution in [2.45, 2.75) is 70.2 Å². The fraction of sp³-hybridized carbons (Fsp3) is 0.609. The number of rotatable bonds is 9. The third kappa shape index (κ3) is 6.30. The van der Waals surface area contributed by atoms with Gasteiger partial charge in [0.2, 0.25) is 4.32 Å². The van der Waals surface area contributed by atoms with Gasteiger partial charge in [-0.25, -0.2) is 14.4 Å². The van der Waals surface area contributed by atoms with Gasteiger partial charge in [0.1, 0.15) is 5.60 Å². The van der Waals surface area contributed by atoms with Gasteiger partial charge in [-0.1, -0.05) is 45.3 Å². The summed E-state index contributed by atoms with van der Waals surface area (Å²) in [5.41, 5.74) is 1.44. The fourth-order valence-corrected chi connectivity index (χ4v) is 4.16. The molecule has 0 heterocycles. The monoisotopic (exact) mass is 484 g/mol. The van der Waals surface area contributed by atoms with Crippen molar-refractivity contribution in [1.82, 2.24) is 0 Å². The Labute approximate surface area is 187 Å². The molecule has 0 amide bonds. The lowest BCUT2D eigenvalue weighted by molar-refractivity contribution is -0.156. The van der Waals surface area contributed by atoms with Crippen LogP contribution in [0.4, 0.5) is 0 Å². The van der Waals surface area contributed by atoms with Crippen LogP contribution in [0.15, 0.2) is 35.5 Å². The van der Waals surface area contributed by atoms with Crippen molar-refractivity contribution in [3.63, 3.8) is 0 Å². The first kappa shape index (κ1) is 26.1. The maximum absolute atomic E-state index is 12.3. The smallest absolute Gasteiger partial charge is 0.334 e. The molecule has 0 spiro atoms. The van der Waals surface area contributed by atoms with E-state index in [0.717, 1.165) is 17.6 Å². The average molecular weight is 485 g/mol. The topological polar surface area (TPSA) is 78.9 Å². The number of carbonyl (C=O) groups excluding carboxylic acids is 3. The van der Waals surface area contributed by atoms with Crippen LogP contribution in [0, 0.1) is 5.41 Å². The molecule has 0 saturated heterocycles. The van der Waals surface area contributed by atoms with Crippen LogP contribution in [0.25, 0.3) is 0 Å². The maximum atomic E-state index is 12.3. The van der Waals surface area contributed by atoms with E-state index in [1.807, 2.05) is 34.6 Å². The van der Waals surface area contributed by atoms with Crippen LogP contribution in [-0.4, -0.2) is 42.1 Å². The molecule has 0 aromatic carbocycles. The first-order valence-corrected chi connectivity index (χ1v) is 10.7. The second-order valence-corrected chi connectivity index (χ2v) is 9.89. The molecule has 6 nitrogen and oxygen atoms in total. The number of halogens is 1. The number of ether oxygens (including phenoxy) is 3. The van der Waals surface area contributed by atoms with Gasteiger partial charge in [0.25, 0.3) is 0 Å². The van der Waals surface area contributed by atoms with E-state index in [-0.39, 0.29) is 17.8 Å². The Morgan fingerprint density at radius 2 is 1.50 bits per heavy atom. The van der Waals surface area contributed by atoms with Crippen LogP contribution < -0.4 is 0 Å². The second-order valence-electron chi connectivity index (χ2n) is 8.54. The van der Waals surface area contributed by atoms with E-state index >= 15 is 0 Å². The zero-order valence-electron chi connectivity index (χ0n) is 19.0. The largest absolute Gasteiger partial charge is 0.468 e. The van der Waals surface area contributed by atoms with Gasteiger partial charge >= 0.3 is 17.9 Å². The van der Waals surface area contributed by atoms with Crippen molar-refractivity contribution < 1.29 is 28.6 Å². The lowest BCUT2D eigenvalue weighted by Crippen LogP contribution is -2.43. The zero-order chi connectivity index (χ0) is 23.2. The summed E-state index contributed by atoms with van der Waals surface area (Å²) in [5.74, 6) is -1.75. The van der Waals surface area contributed by atoms with Crippen LogP contribution in [-0.2, 0) is 28.6 Å². The summed E-state index contributed by atoms with van der Waals surface area (Å²) in [7, 11) is 2.48. The van der Waals surface area contributed by atoms with Crippen LogP contribution >= 0.6 is 15.9 Å². The predicted molar refractivity (Wildman–Crippen MR) is 119 cm³/mol. The molecule has 7 heteroatoms. The number of hydrogen-bond acceptors (Lipinski definition) is 6. The Bertz CT molecular complexity index is 720. The highest BCUT2D eigenvalue weighted by molar-refractivity contribution is 9.10. The van der Waals surface area contributed by atoms with E-state index in [2.05, 4.69) is 28.1 Å². The molecule has 0 radical (unpaired) electrons. The summed E-state index contributed by atoms with van der Waals surface area (Å²) in [6.07, 6.45) is 9.47. The van der Waals surface area contributed by atoms with Crippen LogP contribution in [0.5, 0.6) is 0 Å². The molecule has 0 N–H and O–H groups in total. The SMILES string of the molecule is COC(=O)C(Br)(CCC1(CC/C=C/C(=O)OC(C)(C)C)C(C)=CC=C1C)C(=O)OC. The number of esters is 3. The molecule has 0 atom stereocenters. The molecule has 168 valence electrons. The Balaban J connectivity index is 2.97. The molecule has 1 rings (SSSR count). The molecule has 1 aliphatic carbocycles. The summed E-state index contributed by atoms with van der Waals surface area (Å²) in [5, 5.41) is 0. The highest BCUT2D eigenvalue weighted by Crippen LogP contribution is 2.49. The van der Waals surface area contributed by atoms with Crippen molar-refractivity contribution in [3.8, 4) is 0 Å². The quantitative estimate of drug-likeness (QED) is 0.153. The highest BCUT2D eigenvalue weighted by atomic mass is 79.9. The Morgan fingerprint density at radius 3 is 1.93 bits per heavy atom. The molecule has 30 heavy (non-hydrogen) atoms. The van der Waals surface area contributed by atoms with E-state index in [0.29, 0.717) is 12.8 Å². The molecule has 1 aliphatic rings. The standard InChI is InChI=1S/C23H33BrO6/c1-16-11-12-17(2)22(16,13-9-8-10-18(25)30-21(3,4)5)14-15-23(24,19(26)28-6)20(27)29-7/h8,10-12H,9,13-15H2,1-7H3/b10-8+. The normalized spacial score (nSPS) is 16.1. The van der Waals surface area contributed by atoms with Gasteiger partial charge in [-0.15, -0.1) is 0 Å². The predicted octanol–water partition coefficient (Wildman–Crippen LogP) is 4.82. The average Bonchev–Trinajstić information content (AvgIpc) is 2.95. The maximum Gasteiger partial charge on any atom is 0.334 e. The Kier molecular flexibility index (Phi) is 9.08. The minimum atomic E-state index is -1.56. The van der Waals surface area contributed by atoms with Crippen molar-refractivity contribution >= 4 is 33.8 Å². The molecule has 0 bridgehead atoms. The van der Waals surface area contributed by atoms with Gasteiger partial charge < -0.3 is 14.2 Å². The highest BCUT2D eigenvalue weighted by Gasteiger charge is 2.48. The molecule has 0 aromatic rings. The van der Waals surface area contributed by atoms with E-state index in [4.69, 9.17) is 14.2 Å². The van der Waals surface area contributed by atoms with Crippen LogP contribution in [0.3, 0.4) is 0 Å². The minimum absolute atomic E-state index is 0.207. The molecule has 0 unspecified atom stereocenters. The van der Waals surface area contributed by atoms with Crippen molar-refractivity contribution in [2.75, 3.05) is 14.2 Å². The molecule has 0 fully saturated rings. The van der Waals surface area contributed by atoms with E-state index in [1.54, 1.807) is 6.08 Å². The van der Waals surface area contributed by atoms with Crippen molar-refractivity contribution in [1.29, 1.82) is 0 Å². The molecular weight excluding hydrogens is 452 g/mol. The van der Waals surface area contributed by atoms with Crippen LogP contribution in [0.2, 0.25) is 0 Å². The van der Waals surface area contributed by atoms with Crippen molar-refractivity contribution in [2.24, 2.45) is 5.41 Å². The lowest BCUT2D eigenvalue weighted by atomic mass is 9.70. The van der Waals surface area contributed by atoms with E-state index in [9.17, 15) is 14.4 Å². The van der Waals surface area contributed by atoms with Crippen molar-refractivity contribution in [3.05, 3.63) is 35.5 Å². The second kappa shape index (κ2) is 10.4. The third-order valence-electron chi connectivity index (χ3n) is 5.41. The summed E-state index contributed by atoms with van der Waals surface area (Å²) in [6, 6.07) is 0. The number of methoxy groups -OCH3 is 2. The summed E-state index contributed by atoms with van der Waals surface area (Å²) < 4.78 is 13.4. The number of hydrogen-bond donors (Lipinski definition) is 0. The zero-order valence-corrected chi connectivity index (χ0v) is 20.6. The summed E-state index contributed by atoms with van der Waals surface area (Å²) in [6.45, 7) is 9.55. The number of allylic oxidation sites excluding steroid dienone is 5. The number of carbonyl (C=O) groups is 3. The van der Waals surface area contributed by atoms with Gasteiger partial charge in [-0.3, -0.25) is 0 Å². The fourth-order valence-electron chi connectivity index (χ4n) is 3.64. The summed E-state index contributed by atoms with van der Waals surface area (Å²) in [4.78, 5) is 36.5. The Hall–Kier alpha value is -1.89. The molecular formula is C23H33BrO6. The minimum Gasteiger partial charge on any atom is -0.468 e. The molecule has 0 aromatic heterocycles. The number of alkyl halides is 1. The van der Waals surface area contributed by atoms with Gasteiger partial charge in [0, 0.05) is 11.5 Å². The first-order chi connectivity index (χ1) is 13.8. The van der Waals surface area contributed by atoms with E-state index in [1.165, 1.54) is 20.3 Å². The Morgan fingerprint density at radius 1 is 1.00 bits per heavy atom. The van der Waals surface area contributed by atoms with Gasteiger partial charge in [-0.2, -0.15) is 0 Å².